The molecule has 1 saturated heterocycles. The van der Waals surface area contributed by atoms with E-state index in [-0.39, 0.29) is 6.10 Å². The fourth-order valence-corrected chi connectivity index (χ4v) is 1.03. The molecule has 0 bridgehead atoms. The van der Waals surface area contributed by atoms with Crippen molar-refractivity contribution in [3.63, 3.8) is 0 Å². The number of benzene rings is 1. The Bertz CT molecular complexity index is 281. The molecule has 0 saturated carbocycles. The van der Waals surface area contributed by atoms with E-state index < -0.39 is 0 Å². The van der Waals surface area contributed by atoms with Crippen LogP contribution in [0.25, 0.3) is 0 Å². The highest BCUT2D eigenvalue weighted by Gasteiger charge is 2.23. The summed E-state index contributed by atoms with van der Waals surface area (Å²) in [7, 11) is 1.61. The van der Waals surface area contributed by atoms with Crippen molar-refractivity contribution < 1.29 is 14.2 Å². The van der Waals surface area contributed by atoms with E-state index in [9.17, 15) is 0 Å². The number of ether oxygens (including phenoxy) is 3. The van der Waals surface area contributed by atoms with Crippen LogP contribution >= 0.6 is 0 Å². The maximum atomic E-state index is 5.48. The quantitative estimate of drug-likeness (QED) is 0.652. The van der Waals surface area contributed by atoms with Crippen LogP contribution in [0.4, 0.5) is 0 Å². The molecular formula is C10H11O3. The zero-order chi connectivity index (χ0) is 9.10. The summed E-state index contributed by atoms with van der Waals surface area (Å²) >= 11 is 0. The summed E-state index contributed by atoms with van der Waals surface area (Å²) in [6.45, 7) is 1.40. The molecule has 1 aromatic carbocycles. The van der Waals surface area contributed by atoms with Crippen LogP contribution in [0.15, 0.2) is 18.2 Å². The third-order valence-corrected chi connectivity index (χ3v) is 1.84. The molecule has 1 aromatic rings. The normalized spacial score (nSPS) is 19.6. The predicted octanol–water partition coefficient (Wildman–Crippen LogP) is 1.27. The van der Waals surface area contributed by atoms with Crippen LogP contribution in [0.5, 0.6) is 11.5 Å². The summed E-state index contributed by atoms with van der Waals surface area (Å²) in [6, 6.07) is 8.30. The van der Waals surface area contributed by atoms with Crippen molar-refractivity contribution in [2.75, 3.05) is 20.3 Å². The van der Waals surface area contributed by atoms with Crippen molar-refractivity contribution in [2.45, 2.75) is 6.10 Å². The lowest BCUT2D eigenvalue weighted by Gasteiger charge is -2.08. The lowest BCUT2D eigenvalue weighted by molar-refractivity contribution is 0.252. The monoisotopic (exact) mass is 179 g/mol. The Morgan fingerprint density at radius 1 is 1.62 bits per heavy atom. The SMILES string of the molecule is COc1c[c]ccc1OCC1CO1. The second-order valence-corrected chi connectivity index (χ2v) is 2.84. The highest BCUT2D eigenvalue weighted by molar-refractivity contribution is 5.38. The van der Waals surface area contributed by atoms with Crippen LogP contribution in [-0.4, -0.2) is 26.4 Å². The molecule has 1 heterocycles. The molecule has 0 N–H and O–H groups in total. The summed E-state index contributed by atoms with van der Waals surface area (Å²) in [5.74, 6) is 1.46. The standard InChI is InChI=1S/C10H11O3/c1-11-9-4-2-3-5-10(9)13-7-8-6-12-8/h3-5,8H,6-7H2,1H3. The van der Waals surface area contributed by atoms with Crippen LogP contribution in [0, 0.1) is 6.07 Å². The first-order valence-electron chi connectivity index (χ1n) is 4.18. The summed E-state index contributed by atoms with van der Waals surface area (Å²) in [6.07, 6.45) is 0.272. The maximum Gasteiger partial charge on any atom is 0.161 e. The Morgan fingerprint density at radius 2 is 2.46 bits per heavy atom. The van der Waals surface area contributed by atoms with E-state index in [1.807, 2.05) is 6.07 Å². The Kier molecular flexibility index (Phi) is 2.36. The molecule has 1 unspecified atom stereocenters. The van der Waals surface area contributed by atoms with Gasteiger partial charge in [-0.05, 0) is 18.2 Å². The topological polar surface area (TPSA) is 31.0 Å². The molecule has 1 fully saturated rings. The first-order valence-corrected chi connectivity index (χ1v) is 4.18. The van der Waals surface area contributed by atoms with Crippen molar-refractivity contribution in [1.29, 1.82) is 0 Å². The van der Waals surface area contributed by atoms with Crippen LogP contribution in [0.3, 0.4) is 0 Å². The molecule has 2 rings (SSSR count). The van der Waals surface area contributed by atoms with Crippen LogP contribution in [0.1, 0.15) is 0 Å². The molecule has 1 radical (unpaired) electrons. The van der Waals surface area contributed by atoms with Gasteiger partial charge in [-0.1, -0.05) is 6.07 Å². The van der Waals surface area contributed by atoms with Gasteiger partial charge in [-0.2, -0.15) is 0 Å². The molecule has 3 nitrogen and oxygen atoms in total. The Balaban J connectivity index is 1.99. The van der Waals surface area contributed by atoms with Gasteiger partial charge < -0.3 is 14.2 Å². The molecular weight excluding hydrogens is 168 g/mol. The smallest absolute Gasteiger partial charge is 0.161 e. The van der Waals surface area contributed by atoms with E-state index in [0.29, 0.717) is 12.4 Å². The molecule has 0 aliphatic carbocycles. The zero-order valence-electron chi connectivity index (χ0n) is 7.45. The number of epoxide rings is 1. The third-order valence-electron chi connectivity index (χ3n) is 1.84. The van der Waals surface area contributed by atoms with E-state index in [2.05, 4.69) is 6.07 Å². The maximum absolute atomic E-state index is 5.48. The first kappa shape index (κ1) is 8.38. The number of hydrogen-bond acceptors (Lipinski definition) is 3. The van der Waals surface area contributed by atoms with Crippen molar-refractivity contribution in [2.24, 2.45) is 0 Å². The minimum atomic E-state index is 0.272. The van der Waals surface area contributed by atoms with Gasteiger partial charge in [-0.25, -0.2) is 0 Å². The summed E-state index contributed by atoms with van der Waals surface area (Å²) in [5, 5.41) is 0. The minimum Gasteiger partial charge on any atom is -0.493 e. The van der Waals surface area contributed by atoms with Crippen LogP contribution < -0.4 is 9.47 Å². The fourth-order valence-electron chi connectivity index (χ4n) is 1.03. The number of methoxy groups -OCH3 is 1. The molecule has 3 heteroatoms. The lowest BCUT2D eigenvalue weighted by Crippen LogP contribution is -2.04. The van der Waals surface area contributed by atoms with Gasteiger partial charge in [0.25, 0.3) is 0 Å². The molecule has 0 aromatic heterocycles. The van der Waals surface area contributed by atoms with Crippen LogP contribution in [0.2, 0.25) is 0 Å². The van der Waals surface area contributed by atoms with Gasteiger partial charge in [-0.15, -0.1) is 0 Å². The molecule has 69 valence electrons. The highest BCUT2D eigenvalue weighted by Crippen LogP contribution is 2.26. The fraction of sp³-hybridized carbons (Fsp3) is 0.400. The predicted molar refractivity (Wildman–Crippen MR) is 47.1 cm³/mol. The Hall–Kier alpha value is -1.22. The molecule has 1 aliphatic rings. The van der Waals surface area contributed by atoms with Crippen LogP contribution in [-0.2, 0) is 4.74 Å². The second-order valence-electron chi connectivity index (χ2n) is 2.84. The molecule has 1 atom stereocenters. The van der Waals surface area contributed by atoms with Gasteiger partial charge in [0.2, 0.25) is 0 Å². The summed E-state index contributed by atoms with van der Waals surface area (Å²) < 4.78 is 15.6. The van der Waals surface area contributed by atoms with Gasteiger partial charge in [-0.3, -0.25) is 0 Å². The van der Waals surface area contributed by atoms with Gasteiger partial charge in [0.05, 0.1) is 13.7 Å². The van der Waals surface area contributed by atoms with Gasteiger partial charge >= 0.3 is 0 Å². The van der Waals surface area contributed by atoms with E-state index in [0.717, 1.165) is 12.4 Å². The van der Waals surface area contributed by atoms with E-state index >= 15 is 0 Å². The lowest BCUT2D eigenvalue weighted by atomic mass is 10.3. The third kappa shape index (κ3) is 2.12. The second kappa shape index (κ2) is 3.66. The average Bonchev–Trinajstić information content (AvgIpc) is 2.99. The zero-order valence-corrected chi connectivity index (χ0v) is 7.45. The van der Waals surface area contributed by atoms with Crippen molar-refractivity contribution in [3.8, 4) is 11.5 Å². The Morgan fingerprint density at radius 3 is 3.15 bits per heavy atom. The molecule has 1 aliphatic heterocycles. The summed E-state index contributed by atoms with van der Waals surface area (Å²) in [4.78, 5) is 0. The van der Waals surface area contributed by atoms with Crippen molar-refractivity contribution in [1.82, 2.24) is 0 Å². The van der Waals surface area contributed by atoms with Crippen molar-refractivity contribution in [3.05, 3.63) is 24.3 Å². The Labute approximate surface area is 77.2 Å². The van der Waals surface area contributed by atoms with Crippen molar-refractivity contribution >= 4 is 0 Å². The van der Waals surface area contributed by atoms with E-state index in [4.69, 9.17) is 14.2 Å². The largest absolute Gasteiger partial charge is 0.493 e. The molecule has 0 spiro atoms. The summed E-state index contributed by atoms with van der Waals surface area (Å²) in [5.41, 5.74) is 0. The highest BCUT2D eigenvalue weighted by atomic mass is 16.6. The number of rotatable bonds is 4. The van der Waals surface area contributed by atoms with E-state index in [1.165, 1.54) is 0 Å². The first-order chi connectivity index (χ1) is 6.40. The van der Waals surface area contributed by atoms with Gasteiger partial charge in [0.15, 0.2) is 11.5 Å². The molecule has 0 amide bonds. The molecule has 13 heavy (non-hydrogen) atoms. The van der Waals surface area contributed by atoms with Gasteiger partial charge in [0.1, 0.15) is 12.7 Å². The average molecular weight is 179 g/mol. The van der Waals surface area contributed by atoms with Gasteiger partial charge in [0, 0.05) is 0 Å². The van der Waals surface area contributed by atoms with E-state index in [1.54, 1.807) is 19.2 Å². The number of hydrogen-bond donors (Lipinski definition) is 0. The minimum absolute atomic E-state index is 0.272.